The zero-order valence-corrected chi connectivity index (χ0v) is 11.2. The molecule has 2 nitrogen and oxygen atoms in total. The van der Waals surface area contributed by atoms with E-state index in [4.69, 9.17) is 10.5 Å². The summed E-state index contributed by atoms with van der Waals surface area (Å²) in [6.45, 7) is 7.65. The average Bonchev–Trinajstić information content (AvgIpc) is 2.62. The Hall–Kier alpha value is -0.340. The molecule has 0 radical (unpaired) electrons. The van der Waals surface area contributed by atoms with Gasteiger partial charge in [-0.25, -0.2) is 0 Å². The molecule has 0 aliphatic heterocycles. The first kappa shape index (κ1) is 13.7. The number of rotatable bonds is 4. The molecule has 0 saturated heterocycles. The minimum Gasteiger partial charge on any atom is -0.383 e. The second-order valence-electron chi connectivity index (χ2n) is 6.07. The Bertz CT molecular complexity index is 229. The lowest BCUT2D eigenvalue weighted by Crippen LogP contribution is -2.25. The van der Waals surface area contributed by atoms with E-state index in [0.29, 0.717) is 17.9 Å². The molecule has 0 bridgehead atoms. The van der Waals surface area contributed by atoms with Gasteiger partial charge >= 0.3 is 0 Å². The van der Waals surface area contributed by atoms with E-state index in [1.807, 2.05) is 0 Å². The van der Waals surface area contributed by atoms with Gasteiger partial charge in [0.1, 0.15) is 0 Å². The summed E-state index contributed by atoms with van der Waals surface area (Å²) in [5.41, 5.74) is 6.32. The predicted octanol–water partition coefficient (Wildman–Crippen LogP) is 2.98. The fourth-order valence-corrected chi connectivity index (χ4v) is 2.83. The highest BCUT2D eigenvalue weighted by Crippen LogP contribution is 2.43. The van der Waals surface area contributed by atoms with E-state index >= 15 is 0 Å². The quantitative estimate of drug-likeness (QED) is 0.747. The Morgan fingerprint density at radius 1 is 1.38 bits per heavy atom. The van der Waals surface area contributed by atoms with E-state index in [-0.39, 0.29) is 6.04 Å². The van der Waals surface area contributed by atoms with Gasteiger partial charge in [0.15, 0.2) is 0 Å². The van der Waals surface area contributed by atoms with Gasteiger partial charge in [-0.15, -0.1) is 0 Å². The molecule has 16 heavy (non-hydrogen) atoms. The number of methoxy groups -OCH3 is 1. The lowest BCUT2D eigenvalue weighted by Gasteiger charge is -2.31. The summed E-state index contributed by atoms with van der Waals surface area (Å²) in [5, 5.41) is 0. The van der Waals surface area contributed by atoms with Crippen molar-refractivity contribution < 1.29 is 4.74 Å². The molecule has 2 heteroatoms. The van der Waals surface area contributed by atoms with Crippen LogP contribution < -0.4 is 5.73 Å². The molecule has 0 amide bonds. The van der Waals surface area contributed by atoms with Crippen molar-refractivity contribution in [2.75, 3.05) is 13.7 Å². The van der Waals surface area contributed by atoms with Crippen LogP contribution in [0.2, 0.25) is 0 Å². The average molecular weight is 225 g/mol. The molecule has 1 aliphatic rings. The number of ether oxygens (including phenoxy) is 1. The van der Waals surface area contributed by atoms with Crippen LogP contribution in [0.4, 0.5) is 0 Å². The van der Waals surface area contributed by atoms with Crippen LogP contribution in [0, 0.1) is 17.3 Å². The Morgan fingerprint density at radius 3 is 2.62 bits per heavy atom. The molecule has 0 aromatic rings. The molecule has 0 aromatic carbocycles. The van der Waals surface area contributed by atoms with E-state index in [2.05, 4.69) is 32.9 Å². The number of hydrogen-bond acceptors (Lipinski definition) is 2. The van der Waals surface area contributed by atoms with Crippen molar-refractivity contribution >= 4 is 0 Å². The SMILES string of the molecule is COCC(N)/C=C/C1CCCC1C(C)(C)C. The van der Waals surface area contributed by atoms with Gasteiger partial charge in [-0.2, -0.15) is 0 Å². The molecule has 1 rings (SSSR count). The molecule has 1 saturated carbocycles. The normalized spacial score (nSPS) is 28.8. The third kappa shape index (κ3) is 3.91. The third-order valence-electron chi connectivity index (χ3n) is 3.65. The summed E-state index contributed by atoms with van der Waals surface area (Å²) in [4.78, 5) is 0. The van der Waals surface area contributed by atoms with Crippen LogP contribution in [0.15, 0.2) is 12.2 Å². The molecule has 2 N–H and O–H groups in total. The minimum atomic E-state index is 0.0474. The van der Waals surface area contributed by atoms with E-state index in [0.717, 1.165) is 5.92 Å². The maximum atomic E-state index is 5.91. The van der Waals surface area contributed by atoms with Gasteiger partial charge in [0.25, 0.3) is 0 Å². The van der Waals surface area contributed by atoms with E-state index in [1.165, 1.54) is 19.3 Å². The Labute approximate surface area is 100 Å². The molecule has 0 spiro atoms. The van der Waals surface area contributed by atoms with Gasteiger partial charge in [0, 0.05) is 13.2 Å². The Balaban J connectivity index is 2.53. The number of allylic oxidation sites excluding steroid dienone is 1. The van der Waals surface area contributed by atoms with E-state index in [1.54, 1.807) is 7.11 Å². The molecule has 0 aromatic heterocycles. The summed E-state index contributed by atoms with van der Waals surface area (Å²) in [6, 6.07) is 0.0474. The summed E-state index contributed by atoms with van der Waals surface area (Å²) < 4.78 is 5.04. The molecular weight excluding hydrogens is 198 g/mol. The lowest BCUT2D eigenvalue weighted by atomic mass is 9.74. The fraction of sp³-hybridized carbons (Fsp3) is 0.857. The van der Waals surface area contributed by atoms with Crippen molar-refractivity contribution in [3.63, 3.8) is 0 Å². The Morgan fingerprint density at radius 2 is 2.06 bits per heavy atom. The second-order valence-corrected chi connectivity index (χ2v) is 6.07. The zero-order chi connectivity index (χ0) is 12.2. The smallest absolute Gasteiger partial charge is 0.0649 e. The molecule has 94 valence electrons. The molecular formula is C14H27NO. The standard InChI is InChI=1S/C14H27NO/c1-14(2,3)13-7-5-6-11(13)8-9-12(15)10-16-4/h8-9,11-13H,5-7,10,15H2,1-4H3/b9-8+. The van der Waals surface area contributed by atoms with Gasteiger partial charge in [0.2, 0.25) is 0 Å². The fourth-order valence-electron chi connectivity index (χ4n) is 2.83. The largest absolute Gasteiger partial charge is 0.383 e. The summed E-state index contributed by atoms with van der Waals surface area (Å²) in [7, 11) is 1.70. The van der Waals surface area contributed by atoms with Crippen LogP contribution in [0.25, 0.3) is 0 Å². The van der Waals surface area contributed by atoms with Crippen molar-refractivity contribution in [3.8, 4) is 0 Å². The number of hydrogen-bond donors (Lipinski definition) is 1. The molecule has 3 atom stereocenters. The third-order valence-corrected chi connectivity index (χ3v) is 3.65. The highest BCUT2D eigenvalue weighted by Gasteiger charge is 2.34. The van der Waals surface area contributed by atoms with Crippen molar-refractivity contribution in [1.29, 1.82) is 0 Å². The predicted molar refractivity (Wildman–Crippen MR) is 69.3 cm³/mol. The highest BCUT2D eigenvalue weighted by molar-refractivity contribution is 5.01. The molecule has 0 heterocycles. The van der Waals surface area contributed by atoms with E-state index in [9.17, 15) is 0 Å². The van der Waals surface area contributed by atoms with Crippen LogP contribution >= 0.6 is 0 Å². The molecule has 1 fully saturated rings. The minimum absolute atomic E-state index is 0.0474. The van der Waals surface area contributed by atoms with Crippen LogP contribution in [0.5, 0.6) is 0 Å². The first-order chi connectivity index (χ1) is 7.45. The van der Waals surface area contributed by atoms with Crippen molar-refractivity contribution in [1.82, 2.24) is 0 Å². The number of nitrogens with two attached hydrogens (primary N) is 1. The van der Waals surface area contributed by atoms with Gasteiger partial charge in [-0.1, -0.05) is 39.3 Å². The monoisotopic (exact) mass is 225 g/mol. The first-order valence-corrected chi connectivity index (χ1v) is 6.38. The van der Waals surface area contributed by atoms with Gasteiger partial charge in [0.05, 0.1) is 6.61 Å². The van der Waals surface area contributed by atoms with Crippen LogP contribution in [0.1, 0.15) is 40.0 Å². The maximum absolute atomic E-state index is 5.91. The summed E-state index contributed by atoms with van der Waals surface area (Å²) >= 11 is 0. The highest BCUT2D eigenvalue weighted by atomic mass is 16.5. The molecule has 1 aliphatic carbocycles. The Kier molecular flexibility index (Phi) is 5.00. The van der Waals surface area contributed by atoms with Crippen LogP contribution in [-0.2, 0) is 4.74 Å². The van der Waals surface area contributed by atoms with Crippen molar-refractivity contribution in [2.45, 2.75) is 46.1 Å². The van der Waals surface area contributed by atoms with Crippen molar-refractivity contribution in [2.24, 2.45) is 23.0 Å². The van der Waals surface area contributed by atoms with Gasteiger partial charge in [-0.05, 0) is 30.1 Å². The van der Waals surface area contributed by atoms with Crippen molar-refractivity contribution in [3.05, 3.63) is 12.2 Å². The second kappa shape index (κ2) is 5.83. The van der Waals surface area contributed by atoms with Gasteiger partial charge < -0.3 is 10.5 Å². The van der Waals surface area contributed by atoms with E-state index < -0.39 is 0 Å². The summed E-state index contributed by atoms with van der Waals surface area (Å²) in [5.74, 6) is 1.52. The maximum Gasteiger partial charge on any atom is 0.0649 e. The topological polar surface area (TPSA) is 35.2 Å². The first-order valence-electron chi connectivity index (χ1n) is 6.38. The molecule has 3 unspecified atom stereocenters. The van der Waals surface area contributed by atoms with Crippen LogP contribution in [0.3, 0.4) is 0 Å². The van der Waals surface area contributed by atoms with Gasteiger partial charge in [-0.3, -0.25) is 0 Å². The van der Waals surface area contributed by atoms with Crippen LogP contribution in [-0.4, -0.2) is 19.8 Å². The lowest BCUT2D eigenvalue weighted by molar-refractivity contribution is 0.190. The summed E-state index contributed by atoms with van der Waals surface area (Å²) in [6.07, 6.45) is 8.48. The zero-order valence-electron chi connectivity index (χ0n) is 11.2.